The SMILES string of the molecule is CC.OCc1cc(Br)c2occc2c1. The van der Waals surface area contributed by atoms with Gasteiger partial charge in [0.15, 0.2) is 0 Å². The Kier molecular flexibility index (Phi) is 4.17. The van der Waals surface area contributed by atoms with Gasteiger partial charge in [0.25, 0.3) is 0 Å². The Morgan fingerprint density at radius 2 is 2.07 bits per heavy atom. The van der Waals surface area contributed by atoms with E-state index in [1.165, 1.54) is 0 Å². The van der Waals surface area contributed by atoms with Gasteiger partial charge in [-0.05, 0) is 39.7 Å². The van der Waals surface area contributed by atoms with E-state index in [9.17, 15) is 0 Å². The van der Waals surface area contributed by atoms with Gasteiger partial charge in [-0.3, -0.25) is 0 Å². The lowest BCUT2D eigenvalue weighted by Crippen LogP contribution is -1.81. The summed E-state index contributed by atoms with van der Waals surface area (Å²) in [7, 11) is 0. The molecule has 0 spiro atoms. The first-order valence-electron chi connectivity index (χ1n) is 4.58. The highest BCUT2D eigenvalue weighted by Crippen LogP contribution is 2.26. The van der Waals surface area contributed by atoms with E-state index in [0.29, 0.717) is 0 Å². The summed E-state index contributed by atoms with van der Waals surface area (Å²) in [6, 6.07) is 5.63. The van der Waals surface area contributed by atoms with E-state index >= 15 is 0 Å². The minimum absolute atomic E-state index is 0.0553. The van der Waals surface area contributed by atoms with Crippen molar-refractivity contribution in [3.05, 3.63) is 34.5 Å². The van der Waals surface area contributed by atoms with E-state index < -0.39 is 0 Å². The molecule has 0 saturated heterocycles. The predicted octanol–water partition coefficient (Wildman–Crippen LogP) is 3.71. The standard InChI is InChI=1S/C9H7BrO2.C2H6/c10-8-4-6(5-11)3-7-1-2-12-9(7)8;1-2/h1-4,11H,5H2;1-2H3. The first-order valence-corrected chi connectivity index (χ1v) is 5.37. The lowest BCUT2D eigenvalue weighted by atomic mass is 10.2. The Balaban J connectivity index is 0.000000461. The number of hydrogen-bond donors (Lipinski definition) is 1. The number of benzene rings is 1. The smallest absolute Gasteiger partial charge is 0.148 e. The maximum Gasteiger partial charge on any atom is 0.148 e. The molecule has 0 bridgehead atoms. The fraction of sp³-hybridized carbons (Fsp3) is 0.273. The van der Waals surface area contributed by atoms with Crippen LogP contribution >= 0.6 is 15.9 Å². The zero-order valence-corrected chi connectivity index (χ0v) is 9.84. The second-order valence-corrected chi connectivity index (χ2v) is 3.43. The number of furan rings is 1. The van der Waals surface area contributed by atoms with Crippen molar-refractivity contribution in [1.82, 2.24) is 0 Å². The Bertz CT molecular complexity index is 407. The molecule has 2 rings (SSSR count). The van der Waals surface area contributed by atoms with Gasteiger partial charge in [-0.2, -0.15) is 0 Å². The minimum Gasteiger partial charge on any atom is -0.463 e. The van der Waals surface area contributed by atoms with Gasteiger partial charge in [0.05, 0.1) is 17.3 Å². The second-order valence-electron chi connectivity index (χ2n) is 2.57. The summed E-state index contributed by atoms with van der Waals surface area (Å²) in [5, 5.41) is 9.92. The van der Waals surface area contributed by atoms with Crippen LogP contribution in [0.4, 0.5) is 0 Å². The van der Waals surface area contributed by atoms with Gasteiger partial charge < -0.3 is 9.52 Å². The monoisotopic (exact) mass is 256 g/mol. The van der Waals surface area contributed by atoms with E-state index in [1.54, 1.807) is 6.26 Å². The van der Waals surface area contributed by atoms with Crippen LogP contribution in [0, 0.1) is 0 Å². The van der Waals surface area contributed by atoms with Crippen LogP contribution < -0.4 is 0 Å². The number of fused-ring (bicyclic) bond motifs is 1. The number of hydrogen-bond acceptors (Lipinski definition) is 2. The van der Waals surface area contributed by atoms with Crippen LogP contribution in [0.15, 0.2) is 33.4 Å². The topological polar surface area (TPSA) is 33.4 Å². The molecule has 0 atom stereocenters. The van der Waals surface area contributed by atoms with Crippen LogP contribution in [0.1, 0.15) is 19.4 Å². The highest BCUT2D eigenvalue weighted by Gasteiger charge is 2.03. The van der Waals surface area contributed by atoms with Crippen molar-refractivity contribution in [3.63, 3.8) is 0 Å². The lowest BCUT2D eigenvalue weighted by molar-refractivity contribution is 0.282. The Hall–Kier alpha value is -0.800. The van der Waals surface area contributed by atoms with Crippen LogP contribution in [0.25, 0.3) is 11.0 Å². The van der Waals surface area contributed by atoms with E-state index in [0.717, 1.165) is 21.0 Å². The van der Waals surface area contributed by atoms with Crippen molar-refractivity contribution in [2.45, 2.75) is 20.5 Å². The second kappa shape index (κ2) is 5.17. The maximum absolute atomic E-state index is 8.91. The summed E-state index contributed by atoms with van der Waals surface area (Å²) in [4.78, 5) is 0. The normalized spacial score (nSPS) is 9.71. The predicted molar refractivity (Wildman–Crippen MR) is 61.2 cm³/mol. The lowest BCUT2D eigenvalue weighted by Gasteiger charge is -1.97. The summed E-state index contributed by atoms with van der Waals surface area (Å²) in [5.74, 6) is 0. The van der Waals surface area contributed by atoms with Crippen molar-refractivity contribution in [1.29, 1.82) is 0 Å². The van der Waals surface area contributed by atoms with Crippen LogP contribution in [-0.4, -0.2) is 5.11 Å². The fourth-order valence-electron chi connectivity index (χ4n) is 1.19. The van der Waals surface area contributed by atoms with Crippen LogP contribution in [0.3, 0.4) is 0 Å². The van der Waals surface area contributed by atoms with Crippen molar-refractivity contribution in [2.24, 2.45) is 0 Å². The Morgan fingerprint density at radius 3 is 2.71 bits per heavy atom. The summed E-state index contributed by atoms with van der Waals surface area (Å²) < 4.78 is 6.10. The first-order chi connectivity index (χ1) is 6.81. The van der Waals surface area contributed by atoms with Gasteiger partial charge in [0, 0.05) is 5.39 Å². The first kappa shape index (κ1) is 11.3. The Morgan fingerprint density at radius 1 is 1.36 bits per heavy atom. The highest BCUT2D eigenvalue weighted by molar-refractivity contribution is 9.10. The molecule has 0 fully saturated rings. The summed E-state index contributed by atoms with van der Waals surface area (Å²) in [6.45, 7) is 4.06. The van der Waals surface area contributed by atoms with Gasteiger partial charge in [-0.15, -0.1) is 0 Å². The molecule has 0 aliphatic heterocycles. The highest BCUT2D eigenvalue weighted by atomic mass is 79.9. The molecule has 0 radical (unpaired) electrons. The molecular formula is C11H13BrO2. The molecule has 14 heavy (non-hydrogen) atoms. The third-order valence-electron chi connectivity index (χ3n) is 1.75. The van der Waals surface area contributed by atoms with Gasteiger partial charge >= 0.3 is 0 Å². The molecule has 0 aliphatic rings. The van der Waals surface area contributed by atoms with Gasteiger partial charge in [0.1, 0.15) is 5.58 Å². The zero-order chi connectivity index (χ0) is 10.6. The number of rotatable bonds is 1. The third kappa shape index (κ3) is 2.16. The summed E-state index contributed by atoms with van der Waals surface area (Å²) in [5.41, 5.74) is 1.71. The molecule has 0 unspecified atom stereocenters. The number of halogens is 1. The van der Waals surface area contributed by atoms with Crippen molar-refractivity contribution in [2.75, 3.05) is 0 Å². The average Bonchev–Trinajstić information content (AvgIpc) is 2.69. The van der Waals surface area contributed by atoms with Gasteiger partial charge in [-0.25, -0.2) is 0 Å². The molecule has 76 valence electrons. The molecule has 1 heterocycles. The van der Waals surface area contributed by atoms with E-state index in [2.05, 4.69) is 15.9 Å². The van der Waals surface area contributed by atoms with Crippen molar-refractivity contribution >= 4 is 26.9 Å². The molecule has 2 aromatic rings. The molecule has 1 aromatic carbocycles. The van der Waals surface area contributed by atoms with Crippen LogP contribution in [0.5, 0.6) is 0 Å². The molecular weight excluding hydrogens is 244 g/mol. The van der Waals surface area contributed by atoms with E-state index in [4.69, 9.17) is 9.52 Å². The summed E-state index contributed by atoms with van der Waals surface area (Å²) in [6.07, 6.45) is 1.64. The quantitative estimate of drug-likeness (QED) is 0.844. The fourth-order valence-corrected chi connectivity index (χ4v) is 1.80. The number of aliphatic hydroxyl groups is 1. The van der Waals surface area contributed by atoms with Crippen LogP contribution in [0.2, 0.25) is 0 Å². The molecule has 0 aliphatic carbocycles. The maximum atomic E-state index is 8.91. The average molecular weight is 257 g/mol. The van der Waals surface area contributed by atoms with Crippen molar-refractivity contribution < 1.29 is 9.52 Å². The molecule has 0 amide bonds. The van der Waals surface area contributed by atoms with E-state index in [1.807, 2.05) is 32.0 Å². The van der Waals surface area contributed by atoms with Gasteiger partial charge in [0.2, 0.25) is 0 Å². The summed E-state index contributed by atoms with van der Waals surface area (Å²) >= 11 is 3.36. The van der Waals surface area contributed by atoms with Crippen LogP contribution in [-0.2, 0) is 6.61 Å². The zero-order valence-electron chi connectivity index (χ0n) is 8.25. The largest absolute Gasteiger partial charge is 0.463 e. The Labute approximate surface area is 91.7 Å². The third-order valence-corrected chi connectivity index (χ3v) is 2.34. The molecule has 3 heteroatoms. The van der Waals surface area contributed by atoms with E-state index in [-0.39, 0.29) is 6.61 Å². The number of aliphatic hydroxyl groups excluding tert-OH is 1. The molecule has 1 N–H and O–H groups in total. The van der Waals surface area contributed by atoms with Gasteiger partial charge in [-0.1, -0.05) is 13.8 Å². The van der Waals surface area contributed by atoms with Crippen molar-refractivity contribution in [3.8, 4) is 0 Å². The molecule has 0 saturated carbocycles. The molecule has 2 nitrogen and oxygen atoms in total. The minimum atomic E-state index is 0.0553. The molecule has 1 aromatic heterocycles.